The molecule has 0 fully saturated rings. The van der Waals surface area contributed by atoms with Crippen molar-refractivity contribution in [1.29, 1.82) is 0 Å². The molecule has 0 heterocycles. The van der Waals surface area contributed by atoms with Crippen LogP contribution in [-0.4, -0.2) is 36.7 Å². The summed E-state index contributed by atoms with van der Waals surface area (Å²) in [6.45, 7) is 0.263. The van der Waals surface area contributed by atoms with Crippen LogP contribution in [0.15, 0.2) is 22.7 Å². The number of nitrogens with two attached hydrogens (primary N) is 1. The van der Waals surface area contributed by atoms with E-state index in [0.717, 1.165) is 4.47 Å². The normalized spacial score (nSPS) is 11.9. The van der Waals surface area contributed by atoms with Crippen LogP contribution in [0.5, 0.6) is 0 Å². The first-order valence-electron chi connectivity index (χ1n) is 5.52. The van der Waals surface area contributed by atoms with Crippen LogP contribution in [-0.2, 0) is 9.53 Å². The quantitative estimate of drug-likeness (QED) is 0.702. The summed E-state index contributed by atoms with van der Waals surface area (Å²) in [7, 11) is 1.44. The van der Waals surface area contributed by atoms with Gasteiger partial charge in [0.1, 0.15) is 0 Å². The third-order valence-corrected chi connectivity index (χ3v) is 3.00. The summed E-state index contributed by atoms with van der Waals surface area (Å²) >= 11 is 3.29. The number of hydrogen-bond donors (Lipinski definition) is 3. The predicted molar refractivity (Wildman–Crippen MR) is 74.2 cm³/mol. The zero-order valence-corrected chi connectivity index (χ0v) is 11.9. The Morgan fingerprint density at radius 2 is 2.21 bits per heavy atom. The number of anilines is 1. The SMILES string of the molecule is COC(CNc1cc(Br)ccc1C(N)=O)CC(=O)O. The van der Waals surface area contributed by atoms with E-state index < -0.39 is 18.0 Å². The minimum atomic E-state index is -0.946. The number of methoxy groups -OCH3 is 1. The van der Waals surface area contributed by atoms with Crippen molar-refractivity contribution in [2.24, 2.45) is 5.73 Å². The van der Waals surface area contributed by atoms with Gasteiger partial charge >= 0.3 is 5.97 Å². The maximum Gasteiger partial charge on any atom is 0.306 e. The number of nitrogens with one attached hydrogen (secondary N) is 1. The molecular formula is C12H15BrN2O4. The third kappa shape index (κ3) is 4.88. The van der Waals surface area contributed by atoms with Crippen LogP contribution in [0.4, 0.5) is 5.69 Å². The van der Waals surface area contributed by atoms with Crippen molar-refractivity contribution in [2.45, 2.75) is 12.5 Å². The van der Waals surface area contributed by atoms with Crippen LogP contribution in [0.3, 0.4) is 0 Å². The number of ether oxygens (including phenoxy) is 1. The van der Waals surface area contributed by atoms with E-state index >= 15 is 0 Å². The molecular weight excluding hydrogens is 316 g/mol. The monoisotopic (exact) mass is 330 g/mol. The first-order valence-corrected chi connectivity index (χ1v) is 6.31. The first kappa shape index (κ1) is 15.5. The summed E-state index contributed by atoms with van der Waals surface area (Å²) in [4.78, 5) is 21.9. The molecule has 1 atom stereocenters. The van der Waals surface area contributed by atoms with E-state index in [0.29, 0.717) is 11.3 Å². The number of rotatable bonds is 7. The molecule has 1 aromatic rings. The number of carboxylic acids is 1. The number of aliphatic carboxylic acids is 1. The third-order valence-electron chi connectivity index (χ3n) is 2.50. The van der Waals surface area contributed by atoms with E-state index in [4.69, 9.17) is 15.6 Å². The molecule has 0 aliphatic carbocycles. The highest BCUT2D eigenvalue weighted by atomic mass is 79.9. The van der Waals surface area contributed by atoms with Crippen molar-refractivity contribution in [1.82, 2.24) is 0 Å². The highest BCUT2D eigenvalue weighted by molar-refractivity contribution is 9.10. The standard InChI is InChI=1S/C12H15BrN2O4/c1-19-8(5-11(16)17)6-15-10-4-7(13)2-3-9(10)12(14)18/h2-4,8,15H,5-6H2,1H3,(H2,14,18)(H,16,17). The van der Waals surface area contributed by atoms with Gasteiger partial charge in [0.25, 0.3) is 5.91 Å². The van der Waals surface area contributed by atoms with Crippen LogP contribution in [0, 0.1) is 0 Å². The summed E-state index contributed by atoms with van der Waals surface area (Å²) in [6.07, 6.45) is -0.610. The van der Waals surface area contributed by atoms with Crippen LogP contribution in [0.2, 0.25) is 0 Å². The molecule has 1 amide bonds. The zero-order chi connectivity index (χ0) is 14.4. The van der Waals surface area contributed by atoms with Crippen LogP contribution < -0.4 is 11.1 Å². The lowest BCUT2D eigenvalue weighted by molar-refractivity contribution is -0.139. The van der Waals surface area contributed by atoms with E-state index in [1.54, 1.807) is 18.2 Å². The van der Waals surface area contributed by atoms with Gasteiger partial charge in [-0.3, -0.25) is 9.59 Å². The number of carbonyl (C=O) groups excluding carboxylic acids is 1. The van der Waals surface area contributed by atoms with E-state index in [-0.39, 0.29) is 13.0 Å². The van der Waals surface area contributed by atoms with Crippen molar-refractivity contribution >= 4 is 33.5 Å². The number of amides is 1. The average molecular weight is 331 g/mol. The Hall–Kier alpha value is -1.60. The van der Waals surface area contributed by atoms with E-state index in [1.807, 2.05) is 0 Å². The van der Waals surface area contributed by atoms with Gasteiger partial charge in [0, 0.05) is 23.8 Å². The number of primary amides is 1. The number of halogens is 1. The smallest absolute Gasteiger partial charge is 0.306 e. The summed E-state index contributed by atoms with van der Waals surface area (Å²) in [5, 5.41) is 11.7. The number of hydrogen-bond acceptors (Lipinski definition) is 4. The van der Waals surface area contributed by atoms with Gasteiger partial charge in [-0.2, -0.15) is 0 Å². The van der Waals surface area contributed by atoms with Crippen molar-refractivity contribution < 1.29 is 19.4 Å². The van der Waals surface area contributed by atoms with Crippen molar-refractivity contribution in [3.05, 3.63) is 28.2 Å². The first-order chi connectivity index (χ1) is 8.93. The molecule has 0 aromatic heterocycles. The van der Waals surface area contributed by atoms with Gasteiger partial charge in [0.2, 0.25) is 0 Å². The molecule has 0 bridgehead atoms. The second-order valence-electron chi connectivity index (χ2n) is 3.89. The molecule has 19 heavy (non-hydrogen) atoms. The number of carboxylic acid groups (broad SMARTS) is 1. The van der Waals surface area contributed by atoms with Crippen LogP contribution in [0.1, 0.15) is 16.8 Å². The lowest BCUT2D eigenvalue weighted by Gasteiger charge is -2.16. The predicted octanol–water partition coefficient (Wildman–Crippen LogP) is 1.45. The minimum absolute atomic E-state index is 0.122. The van der Waals surface area contributed by atoms with Gasteiger partial charge in [-0.25, -0.2) is 0 Å². The molecule has 6 nitrogen and oxygen atoms in total. The number of carbonyl (C=O) groups is 2. The second-order valence-corrected chi connectivity index (χ2v) is 4.81. The molecule has 4 N–H and O–H groups in total. The van der Waals surface area contributed by atoms with E-state index in [2.05, 4.69) is 21.2 Å². The fourth-order valence-corrected chi connectivity index (χ4v) is 1.90. The zero-order valence-electron chi connectivity index (χ0n) is 10.4. The molecule has 1 unspecified atom stereocenters. The van der Waals surface area contributed by atoms with E-state index in [1.165, 1.54) is 7.11 Å². The topological polar surface area (TPSA) is 102 Å². The fourth-order valence-electron chi connectivity index (χ4n) is 1.53. The van der Waals surface area contributed by atoms with Gasteiger partial charge in [-0.1, -0.05) is 15.9 Å². The summed E-state index contributed by atoms with van der Waals surface area (Å²) in [6, 6.07) is 5.00. The average Bonchev–Trinajstić information content (AvgIpc) is 2.33. The number of benzene rings is 1. The Bertz CT molecular complexity index is 479. The Morgan fingerprint density at radius 3 is 2.74 bits per heavy atom. The maximum atomic E-state index is 11.3. The molecule has 0 aliphatic rings. The van der Waals surface area contributed by atoms with Gasteiger partial charge in [-0.05, 0) is 18.2 Å². The van der Waals surface area contributed by atoms with Gasteiger partial charge < -0.3 is 20.9 Å². The minimum Gasteiger partial charge on any atom is -0.481 e. The van der Waals surface area contributed by atoms with E-state index in [9.17, 15) is 9.59 Å². The molecule has 7 heteroatoms. The lowest BCUT2D eigenvalue weighted by Crippen LogP contribution is -2.26. The van der Waals surface area contributed by atoms with Gasteiger partial charge in [0.05, 0.1) is 18.1 Å². The molecule has 0 saturated carbocycles. The summed E-state index contributed by atoms with van der Waals surface area (Å²) < 4.78 is 5.83. The Balaban J connectivity index is 2.78. The molecule has 1 aromatic carbocycles. The van der Waals surface area contributed by atoms with Crippen molar-refractivity contribution in [2.75, 3.05) is 19.0 Å². The molecule has 0 saturated heterocycles. The van der Waals surface area contributed by atoms with Crippen LogP contribution in [0.25, 0.3) is 0 Å². The summed E-state index contributed by atoms with van der Waals surface area (Å²) in [5.41, 5.74) is 6.14. The fraction of sp³-hybridized carbons (Fsp3) is 0.333. The van der Waals surface area contributed by atoms with Crippen molar-refractivity contribution in [3.8, 4) is 0 Å². The highest BCUT2D eigenvalue weighted by Crippen LogP contribution is 2.21. The maximum absolute atomic E-state index is 11.3. The molecule has 0 radical (unpaired) electrons. The Morgan fingerprint density at radius 1 is 1.53 bits per heavy atom. The molecule has 0 spiro atoms. The van der Waals surface area contributed by atoms with Crippen LogP contribution >= 0.6 is 15.9 Å². The van der Waals surface area contributed by atoms with Crippen molar-refractivity contribution in [3.63, 3.8) is 0 Å². The Kier molecular flexibility index (Phi) is 5.78. The molecule has 1 rings (SSSR count). The molecule has 0 aliphatic heterocycles. The lowest BCUT2D eigenvalue weighted by atomic mass is 10.1. The van der Waals surface area contributed by atoms with Gasteiger partial charge in [-0.15, -0.1) is 0 Å². The largest absolute Gasteiger partial charge is 0.481 e. The second kappa shape index (κ2) is 7.10. The highest BCUT2D eigenvalue weighted by Gasteiger charge is 2.14. The Labute approximate surface area is 119 Å². The molecule has 104 valence electrons. The summed E-state index contributed by atoms with van der Waals surface area (Å²) in [5.74, 6) is -1.50. The van der Waals surface area contributed by atoms with Gasteiger partial charge in [0.15, 0.2) is 0 Å².